The maximum Gasteiger partial charge on any atom is 0.272 e. The van der Waals surface area contributed by atoms with Crippen molar-refractivity contribution in [3.05, 3.63) is 41.3 Å². The molecule has 1 aliphatic heterocycles. The number of hydrogen-bond donors (Lipinski definition) is 1. The predicted molar refractivity (Wildman–Crippen MR) is 92.1 cm³/mol. The van der Waals surface area contributed by atoms with Gasteiger partial charge in [-0.25, -0.2) is 0 Å². The monoisotopic (exact) mass is 342 g/mol. The SMILES string of the molecule is CCc1c(C)noc1NC(=O)C1CCN(C(=O)c2ccccn2)CC1. The first-order chi connectivity index (χ1) is 12.1. The molecule has 132 valence electrons. The van der Waals surface area contributed by atoms with Gasteiger partial charge in [-0.3, -0.25) is 19.9 Å². The van der Waals surface area contributed by atoms with Crippen LogP contribution in [0.2, 0.25) is 0 Å². The van der Waals surface area contributed by atoms with Crippen LogP contribution in [0.25, 0.3) is 0 Å². The van der Waals surface area contributed by atoms with E-state index >= 15 is 0 Å². The maximum atomic E-state index is 12.5. The van der Waals surface area contributed by atoms with Gasteiger partial charge in [-0.1, -0.05) is 18.1 Å². The van der Waals surface area contributed by atoms with Crippen molar-refractivity contribution in [1.29, 1.82) is 0 Å². The van der Waals surface area contributed by atoms with Crippen LogP contribution in [0.15, 0.2) is 28.9 Å². The third-order valence-electron chi connectivity index (χ3n) is 4.61. The number of piperidine rings is 1. The molecule has 2 aromatic heterocycles. The lowest BCUT2D eigenvalue weighted by Gasteiger charge is -2.31. The Kier molecular flexibility index (Phi) is 5.11. The van der Waals surface area contributed by atoms with Crippen LogP contribution in [0.3, 0.4) is 0 Å². The lowest BCUT2D eigenvalue weighted by Crippen LogP contribution is -2.41. The second kappa shape index (κ2) is 7.46. The number of amides is 2. The third kappa shape index (κ3) is 3.70. The first-order valence-corrected chi connectivity index (χ1v) is 8.56. The van der Waals surface area contributed by atoms with Crippen molar-refractivity contribution in [3.8, 4) is 0 Å². The second-order valence-electron chi connectivity index (χ2n) is 6.20. The Balaban J connectivity index is 1.57. The molecule has 3 heterocycles. The molecule has 0 aromatic carbocycles. The Morgan fingerprint density at radius 1 is 1.32 bits per heavy atom. The number of aromatic nitrogens is 2. The van der Waals surface area contributed by atoms with E-state index in [-0.39, 0.29) is 17.7 Å². The zero-order valence-corrected chi connectivity index (χ0v) is 14.5. The molecular weight excluding hydrogens is 320 g/mol. The number of pyridine rings is 1. The fraction of sp³-hybridized carbons (Fsp3) is 0.444. The van der Waals surface area contributed by atoms with Crippen LogP contribution in [-0.4, -0.2) is 39.9 Å². The summed E-state index contributed by atoms with van der Waals surface area (Å²) in [6, 6.07) is 5.29. The number of carbonyl (C=O) groups is 2. The molecule has 0 unspecified atom stereocenters. The number of nitrogens with one attached hydrogen (secondary N) is 1. The van der Waals surface area contributed by atoms with Gasteiger partial charge in [0.2, 0.25) is 11.8 Å². The highest BCUT2D eigenvalue weighted by Crippen LogP contribution is 2.24. The van der Waals surface area contributed by atoms with Crippen molar-refractivity contribution >= 4 is 17.7 Å². The fourth-order valence-electron chi connectivity index (χ4n) is 3.11. The molecule has 1 fully saturated rings. The van der Waals surface area contributed by atoms with Crippen LogP contribution in [0.4, 0.5) is 5.88 Å². The van der Waals surface area contributed by atoms with Crippen LogP contribution in [0, 0.1) is 12.8 Å². The smallest absolute Gasteiger partial charge is 0.272 e. The molecule has 2 aromatic rings. The summed E-state index contributed by atoms with van der Waals surface area (Å²) in [7, 11) is 0. The van der Waals surface area contributed by atoms with E-state index in [4.69, 9.17) is 4.52 Å². The molecule has 0 aliphatic carbocycles. The van der Waals surface area contributed by atoms with E-state index in [1.54, 1.807) is 29.3 Å². The number of likely N-dealkylation sites (tertiary alicyclic amines) is 1. The maximum absolute atomic E-state index is 12.5. The standard InChI is InChI=1S/C18H22N4O3/c1-3-14-12(2)21-25-17(14)20-16(23)13-7-10-22(11-8-13)18(24)15-6-4-5-9-19-15/h4-6,9,13H,3,7-8,10-11H2,1-2H3,(H,20,23). The molecule has 2 amide bonds. The van der Waals surface area contributed by atoms with E-state index < -0.39 is 0 Å². The number of rotatable bonds is 4. The molecule has 0 radical (unpaired) electrons. The quantitative estimate of drug-likeness (QED) is 0.922. The van der Waals surface area contributed by atoms with E-state index in [0.29, 0.717) is 37.5 Å². The molecule has 3 rings (SSSR count). The lowest BCUT2D eigenvalue weighted by atomic mass is 9.95. The molecule has 0 spiro atoms. The van der Waals surface area contributed by atoms with Crippen molar-refractivity contribution in [2.24, 2.45) is 5.92 Å². The van der Waals surface area contributed by atoms with Crippen LogP contribution < -0.4 is 5.32 Å². The van der Waals surface area contributed by atoms with Gasteiger partial charge in [0.1, 0.15) is 5.69 Å². The number of hydrogen-bond acceptors (Lipinski definition) is 5. The normalized spacial score (nSPS) is 15.2. The highest BCUT2D eigenvalue weighted by Gasteiger charge is 2.29. The summed E-state index contributed by atoms with van der Waals surface area (Å²) < 4.78 is 5.21. The molecule has 1 N–H and O–H groups in total. The van der Waals surface area contributed by atoms with Crippen LogP contribution in [0.1, 0.15) is 41.5 Å². The van der Waals surface area contributed by atoms with Gasteiger partial charge >= 0.3 is 0 Å². The summed E-state index contributed by atoms with van der Waals surface area (Å²) in [5.74, 6) is 0.147. The van der Waals surface area contributed by atoms with Gasteiger partial charge in [-0.05, 0) is 38.3 Å². The van der Waals surface area contributed by atoms with E-state index in [0.717, 1.165) is 17.7 Å². The van der Waals surface area contributed by atoms with Crippen molar-refractivity contribution in [2.75, 3.05) is 18.4 Å². The van der Waals surface area contributed by atoms with Crippen LogP contribution in [0.5, 0.6) is 0 Å². The minimum absolute atomic E-state index is 0.0733. The first kappa shape index (κ1) is 17.1. The van der Waals surface area contributed by atoms with Crippen molar-refractivity contribution in [1.82, 2.24) is 15.0 Å². The summed E-state index contributed by atoms with van der Waals surface area (Å²) >= 11 is 0. The van der Waals surface area contributed by atoms with E-state index in [9.17, 15) is 9.59 Å². The summed E-state index contributed by atoms with van der Waals surface area (Å²) in [4.78, 5) is 30.7. The summed E-state index contributed by atoms with van der Waals surface area (Å²) in [5, 5.41) is 6.75. The van der Waals surface area contributed by atoms with Gasteiger partial charge in [0.15, 0.2) is 0 Å². The lowest BCUT2D eigenvalue weighted by molar-refractivity contribution is -0.121. The zero-order valence-electron chi connectivity index (χ0n) is 14.5. The minimum Gasteiger partial charge on any atom is -0.338 e. The Morgan fingerprint density at radius 3 is 2.72 bits per heavy atom. The molecule has 0 bridgehead atoms. The highest BCUT2D eigenvalue weighted by molar-refractivity contribution is 5.94. The summed E-state index contributed by atoms with van der Waals surface area (Å²) in [6.45, 7) is 4.95. The number of nitrogens with zero attached hydrogens (tertiary/aromatic N) is 3. The minimum atomic E-state index is -0.136. The molecule has 1 saturated heterocycles. The van der Waals surface area contributed by atoms with Gasteiger partial charge in [0.25, 0.3) is 5.91 Å². The Hall–Kier alpha value is -2.70. The number of carbonyl (C=O) groups excluding carboxylic acids is 2. The molecule has 1 aliphatic rings. The third-order valence-corrected chi connectivity index (χ3v) is 4.61. The van der Waals surface area contributed by atoms with Gasteiger partial charge in [-0.15, -0.1) is 0 Å². The Labute approximate surface area is 146 Å². The molecule has 7 heteroatoms. The van der Waals surface area contributed by atoms with Gasteiger partial charge in [-0.2, -0.15) is 0 Å². The number of anilines is 1. The van der Waals surface area contributed by atoms with Gasteiger partial charge < -0.3 is 9.42 Å². The summed E-state index contributed by atoms with van der Waals surface area (Å²) in [6.07, 6.45) is 3.61. The average Bonchev–Trinajstić information content (AvgIpc) is 3.01. The Bertz CT molecular complexity index is 749. The largest absolute Gasteiger partial charge is 0.338 e. The molecule has 25 heavy (non-hydrogen) atoms. The topological polar surface area (TPSA) is 88.3 Å². The molecule has 7 nitrogen and oxygen atoms in total. The average molecular weight is 342 g/mol. The van der Waals surface area contributed by atoms with E-state index in [1.165, 1.54) is 0 Å². The fourth-order valence-corrected chi connectivity index (χ4v) is 3.11. The zero-order chi connectivity index (χ0) is 17.8. The van der Waals surface area contributed by atoms with E-state index in [2.05, 4.69) is 15.5 Å². The highest BCUT2D eigenvalue weighted by atomic mass is 16.5. The van der Waals surface area contributed by atoms with Crippen molar-refractivity contribution in [3.63, 3.8) is 0 Å². The van der Waals surface area contributed by atoms with Gasteiger partial charge in [0, 0.05) is 30.8 Å². The predicted octanol–water partition coefficient (Wildman–Crippen LogP) is 2.43. The molecule has 0 saturated carbocycles. The first-order valence-electron chi connectivity index (χ1n) is 8.56. The van der Waals surface area contributed by atoms with Crippen molar-refractivity contribution in [2.45, 2.75) is 33.1 Å². The molecule has 0 atom stereocenters. The van der Waals surface area contributed by atoms with E-state index in [1.807, 2.05) is 13.8 Å². The van der Waals surface area contributed by atoms with Crippen LogP contribution in [-0.2, 0) is 11.2 Å². The molecular formula is C18H22N4O3. The Morgan fingerprint density at radius 2 is 2.08 bits per heavy atom. The van der Waals surface area contributed by atoms with Crippen LogP contribution >= 0.6 is 0 Å². The van der Waals surface area contributed by atoms with Gasteiger partial charge in [0.05, 0.1) is 5.69 Å². The number of aryl methyl sites for hydroxylation is 1. The summed E-state index contributed by atoms with van der Waals surface area (Å²) in [5.41, 5.74) is 2.17. The van der Waals surface area contributed by atoms with Crippen molar-refractivity contribution < 1.29 is 14.1 Å². The second-order valence-corrected chi connectivity index (χ2v) is 6.20.